The zero-order valence-electron chi connectivity index (χ0n) is 12.6. The summed E-state index contributed by atoms with van der Waals surface area (Å²) in [4.78, 5) is 36.0. The number of nitrogens with zero attached hydrogens (tertiary/aromatic N) is 1. The summed E-state index contributed by atoms with van der Waals surface area (Å²) in [5.41, 5.74) is 0.849. The van der Waals surface area contributed by atoms with Crippen LogP contribution in [0.4, 0.5) is 0 Å². The Morgan fingerprint density at radius 1 is 1.14 bits per heavy atom. The molecular formula is C15H21N3O3. The zero-order chi connectivity index (χ0) is 15.8. The Labute approximate surface area is 124 Å². The van der Waals surface area contributed by atoms with E-state index >= 15 is 0 Å². The first-order chi connectivity index (χ1) is 9.90. The van der Waals surface area contributed by atoms with Gasteiger partial charge in [-0.3, -0.25) is 14.4 Å². The van der Waals surface area contributed by atoms with Crippen molar-refractivity contribution in [2.24, 2.45) is 0 Å². The highest BCUT2D eigenvalue weighted by molar-refractivity contribution is 5.85. The fourth-order valence-electron chi connectivity index (χ4n) is 1.77. The molecule has 1 atom stereocenters. The van der Waals surface area contributed by atoms with E-state index in [1.807, 2.05) is 30.3 Å². The summed E-state index contributed by atoms with van der Waals surface area (Å²) in [6, 6.07) is 8.84. The average Bonchev–Trinajstić information content (AvgIpc) is 2.44. The number of nitrogens with one attached hydrogen (secondary N) is 2. The van der Waals surface area contributed by atoms with Crippen LogP contribution in [0.25, 0.3) is 0 Å². The van der Waals surface area contributed by atoms with Gasteiger partial charge in [-0.25, -0.2) is 0 Å². The maximum Gasteiger partial charge on any atom is 0.241 e. The largest absolute Gasteiger partial charge is 0.349 e. The Balaban J connectivity index is 2.63. The first kappa shape index (κ1) is 16.7. The lowest BCUT2D eigenvalue weighted by Crippen LogP contribution is -2.38. The summed E-state index contributed by atoms with van der Waals surface area (Å²) in [6.45, 7) is 1.36. The quantitative estimate of drug-likeness (QED) is 0.799. The molecule has 0 fully saturated rings. The van der Waals surface area contributed by atoms with Crippen molar-refractivity contribution in [3.63, 3.8) is 0 Å². The van der Waals surface area contributed by atoms with Gasteiger partial charge in [-0.05, 0) is 5.56 Å². The van der Waals surface area contributed by atoms with E-state index in [1.54, 1.807) is 14.1 Å². The molecule has 2 N–H and O–H groups in total. The molecule has 0 aliphatic heterocycles. The lowest BCUT2D eigenvalue weighted by molar-refractivity contribution is -0.131. The number of rotatable bonds is 6. The highest BCUT2D eigenvalue weighted by Crippen LogP contribution is 2.16. The maximum absolute atomic E-state index is 11.9. The predicted molar refractivity (Wildman–Crippen MR) is 79.3 cm³/mol. The van der Waals surface area contributed by atoms with Gasteiger partial charge >= 0.3 is 0 Å². The zero-order valence-corrected chi connectivity index (χ0v) is 12.6. The Kier molecular flexibility index (Phi) is 6.39. The molecule has 0 aliphatic carbocycles. The summed E-state index contributed by atoms with van der Waals surface area (Å²) < 4.78 is 0. The molecule has 0 radical (unpaired) electrons. The molecule has 0 bridgehead atoms. The molecule has 0 aliphatic rings. The molecule has 0 heterocycles. The van der Waals surface area contributed by atoms with Crippen LogP contribution in [-0.4, -0.2) is 43.3 Å². The van der Waals surface area contributed by atoms with Crippen LogP contribution in [-0.2, 0) is 14.4 Å². The van der Waals surface area contributed by atoms with Gasteiger partial charge < -0.3 is 15.5 Å². The Morgan fingerprint density at radius 2 is 1.76 bits per heavy atom. The minimum atomic E-state index is -0.404. The first-order valence-corrected chi connectivity index (χ1v) is 6.69. The topological polar surface area (TPSA) is 78.5 Å². The number of hydrogen-bond acceptors (Lipinski definition) is 3. The monoisotopic (exact) mass is 291 g/mol. The molecule has 0 aromatic heterocycles. The molecule has 0 saturated carbocycles. The van der Waals surface area contributed by atoms with Gasteiger partial charge in [0.15, 0.2) is 0 Å². The third-order valence-corrected chi connectivity index (χ3v) is 2.90. The van der Waals surface area contributed by atoms with Crippen molar-refractivity contribution in [2.45, 2.75) is 19.4 Å². The molecular weight excluding hydrogens is 270 g/mol. The molecule has 114 valence electrons. The third kappa shape index (κ3) is 6.07. The van der Waals surface area contributed by atoms with Crippen LogP contribution in [0.1, 0.15) is 24.9 Å². The molecule has 1 rings (SSSR count). The standard InChI is InChI=1S/C15H21N3O3/c1-11(19)17-13(12-7-5-4-6-8-12)9-14(20)16-10-15(21)18(2)3/h4-8,13H,9-10H2,1-3H3,(H,16,20)(H,17,19)/t13-/m1/s1. The van der Waals surface area contributed by atoms with Crippen LogP contribution in [0.3, 0.4) is 0 Å². The van der Waals surface area contributed by atoms with E-state index in [0.717, 1.165) is 5.56 Å². The minimum Gasteiger partial charge on any atom is -0.349 e. The van der Waals surface area contributed by atoms with Crippen LogP contribution >= 0.6 is 0 Å². The van der Waals surface area contributed by atoms with Gasteiger partial charge in [-0.2, -0.15) is 0 Å². The molecule has 6 heteroatoms. The SMILES string of the molecule is CC(=O)N[C@H](CC(=O)NCC(=O)N(C)C)c1ccccc1. The first-order valence-electron chi connectivity index (χ1n) is 6.69. The van der Waals surface area contributed by atoms with Gasteiger partial charge in [0.2, 0.25) is 17.7 Å². The highest BCUT2D eigenvalue weighted by atomic mass is 16.2. The Morgan fingerprint density at radius 3 is 2.29 bits per heavy atom. The van der Waals surface area contributed by atoms with E-state index in [9.17, 15) is 14.4 Å². The molecule has 0 saturated heterocycles. The second-order valence-electron chi connectivity index (χ2n) is 4.93. The van der Waals surface area contributed by atoms with E-state index in [1.165, 1.54) is 11.8 Å². The van der Waals surface area contributed by atoms with Crippen molar-refractivity contribution in [1.82, 2.24) is 15.5 Å². The summed E-state index contributed by atoms with van der Waals surface area (Å²) in [7, 11) is 3.25. The second-order valence-corrected chi connectivity index (χ2v) is 4.93. The Bertz CT molecular complexity index is 500. The van der Waals surface area contributed by atoms with E-state index in [2.05, 4.69) is 10.6 Å². The molecule has 21 heavy (non-hydrogen) atoms. The van der Waals surface area contributed by atoms with Crippen molar-refractivity contribution < 1.29 is 14.4 Å². The number of likely N-dealkylation sites (N-methyl/N-ethyl adjacent to an activating group) is 1. The smallest absolute Gasteiger partial charge is 0.241 e. The summed E-state index contributed by atoms with van der Waals surface area (Å²) in [6.07, 6.45) is 0.0876. The summed E-state index contributed by atoms with van der Waals surface area (Å²) in [5, 5.41) is 5.30. The summed E-state index contributed by atoms with van der Waals surface area (Å²) >= 11 is 0. The van der Waals surface area contributed by atoms with Gasteiger partial charge in [0.25, 0.3) is 0 Å². The molecule has 0 spiro atoms. The number of carbonyl (C=O) groups excluding carboxylic acids is 3. The molecule has 1 aromatic rings. The second kappa shape index (κ2) is 8.04. The molecule has 6 nitrogen and oxygen atoms in total. The van der Waals surface area contributed by atoms with Crippen molar-refractivity contribution in [3.05, 3.63) is 35.9 Å². The van der Waals surface area contributed by atoms with Gasteiger partial charge in [0, 0.05) is 21.0 Å². The normalized spacial score (nSPS) is 11.4. The maximum atomic E-state index is 11.9. The van der Waals surface area contributed by atoms with Gasteiger partial charge in [-0.1, -0.05) is 30.3 Å². The van der Waals surface area contributed by atoms with Crippen LogP contribution in [0.2, 0.25) is 0 Å². The highest BCUT2D eigenvalue weighted by Gasteiger charge is 2.17. The molecule has 0 unspecified atom stereocenters. The average molecular weight is 291 g/mol. The van der Waals surface area contributed by atoms with Gasteiger partial charge in [0.05, 0.1) is 19.0 Å². The van der Waals surface area contributed by atoms with E-state index in [-0.39, 0.29) is 30.7 Å². The number of benzene rings is 1. The van der Waals surface area contributed by atoms with Crippen molar-refractivity contribution in [3.8, 4) is 0 Å². The van der Waals surface area contributed by atoms with Crippen LogP contribution in [0.15, 0.2) is 30.3 Å². The van der Waals surface area contributed by atoms with Crippen LogP contribution < -0.4 is 10.6 Å². The third-order valence-electron chi connectivity index (χ3n) is 2.90. The van der Waals surface area contributed by atoms with Gasteiger partial charge in [0.1, 0.15) is 0 Å². The van der Waals surface area contributed by atoms with E-state index < -0.39 is 6.04 Å². The van der Waals surface area contributed by atoms with Crippen LogP contribution in [0.5, 0.6) is 0 Å². The van der Waals surface area contributed by atoms with Crippen LogP contribution in [0, 0.1) is 0 Å². The van der Waals surface area contributed by atoms with Crippen molar-refractivity contribution in [1.29, 1.82) is 0 Å². The number of carbonyl (C=O) groups is 3. The predicted octanol–water partition coefficient (Wildman–Crippen LogP) is 0.458. The number of hydrogen-bond donors (Lipinski definition) is 2. The Hall–Kier alpha value is -2.37. The lowest BCUT2D eigenvalue weighted by atomic mass is 10.0. The van der Waals surface area contributed by atoms with E-state index in [4.69, 9.17) is 0 Å². The fraction of sp³-hybridized carbons (Fsp3) is 0.400. The molecule has 3 amide bonds. The lowest BCUT2D eigenvalue weighted by Gasteiger charge is -2.18. The minimum absolute atomic E-state index is 0.0482. The van der Waals surface area contributed by atoms with Crippen molar-refractivity contribution >= 4 is 17.7 Å². The molecule has 1 aromatic carbocycles. The summed E-state index contributed by atoms with van der Waals surface area (Å²) in [5.74, 6) is -0.673. The number of amides is 3. The fourth-order valence-corrected chi connectivity index (χ4v) is 1.77. The van der Waals surface area contributed by atoms with Gasteiger partial charge in [-0.15, -0.1) is 0 Å². The van der Waals surface area contributed by atoms with E-state index in [0.29, 0.717) is 0 Å². The van der Waals surface area contributed by atoms with Crippen molar-refractivity contribution in [2.75, 3.05) is 20.6 Å².